The first-order chi connectivity index (χ1) is 11.9. The topological polar surface area (TPSA) is 121 Å². The summed E-state index contributed by atoms with van der Waals surface area (Å²) >= 11 is 0. The molecule has 3 aromatic rings. The minimum atomic E-state index is -3.59. The molecule has 0 spiro atoms. The van der Waals surface area contributed by atoms with Crippen LogP contribution in [-0.4, -0.2) is 46.4 Å². The van der Waals surface area contributed by atoms with E-state index in [9.17, 15) is 13.2 Å². The van der Waals surface area contributed by atoms with E-state index >= 15 is 0 Å². The Hall–Kier alpha value is -2.88. The van der Waals surface area contributed by atoms with E-state index in [-0.39, 0.29) is 18.2 Å². The summed E-state index contributed by atoms with van der Waals surface area (Å²) in [5, 5.41) is 13.3. The molecule has 0 aliphatic carbocycles. The maximum Gasteiger partial charge on any atom is 0.255 e. The third kappa shape index (κ3) is 3.79. The van der Waals surface area contributed by atoms with Gasteiger partial charge in [-0.2, -0.15) is 10.2 Å². The summed E-state index contributed by atoms with van der Waals surface area (Å²) in [5.74, 6) is -0.585. The van der Waals surface area contributed by atoms with Crippen molar-refractivity contribution in [2.24, 2.45) is 0 Å². The SMILES string of the molecule is Cc1n[nH]c(C)c1C(=O)NCCS(=O)(=O)Nc1ccn2nccc2c1. The van der Waals surface area contributed by atoms with E-state index in [0.29, 0.717) is 22.6 Å². The number of aromatic nitrogens is 4. The number of H-pyrrole nitrogens is 1. The normalized spacial score (nSPS) is 11.6. The van der Waals surface area contributed by atoms with Gasteiger partial charge in [0.05, 0.1) is 28.2 Å². The maximum absolute atomic E-state index is 12.2. The van der Waals surface area contributed by atoms with Crippen molar-refractivity contribution in [2.45, 2.75) is 13.8 Å². The Morgan fingerprint density at radius 2 is 2.12 bits per heavy atom. The maximum atomic E-state index is 12.2. The molecule has 3 rings (SSSR count). The van der Waals surface area contributed by atoms with Gasteiger partial charge >= 0.3 is 0 Å². The summed E-state index contributed by atoms with van der Waals surface area (Å²) in [7, 11) is -3.59. The molecule has 1 amide bonds. The van der Waals surface area contributed by atoms with Crippen LogP contribution in [0.25, 0.3) is 5.52 Å². The Balaban J connectivity index is 1.59. The molecule has 0 unspecified atom stereocenters. The fourth-order valence-corrected chi connectivity index (χ4v) is 3.45. The highest BCUT2D eigenvalue weighted by atomic mass is 32.2. The number of nitrogens with zero attached hydrogens (tertiary/aromatic N) is 3. The Morgan fingerprint density at radius 1 is 1.32 bits per heavy atom. The fourth-order valence-electron chi connectivity index (χ4n) is 2.49. The van der Waals surface area contributed by atoms with Crippen molar-refractivity contribution in [3.63, 3.8) is 0 Å². The number of carbonyl (C=O) groups excluding carboxylic acids is 1. The van der Waals surface area contributed by atoms with Crippen LogP contribution in [0.15, 0.2) is 30.6 Å². The summed E-state index contributed by atoms with van der Waals surface area (Å²) < 4.78 is 28.5. The van der Waals surface area contributed by atoms with Crippen molar-refractivity contribution in [3.05, 3.63) is 47.5 Å². The van der Waals surface area contributed by atoms with Crippen LogP contribution in [0.2, 0.25) is 0 Å². The zero-order chi connectivity index (χ0) is 18.0. The van der Waals surface area contributed by atoms with Crippen LogP contribution in [-0.2, 0) is 10.0 Å². The molecule has 0 bridgehead atoms. The molecular weight excluding hydrogens is 344 g/mol. The summed E-state index contributed by atoms with van der Waals surface area (Å²) in [6, 6.07) is 5.07. The van der Waals surface area contributed by atoms with Gasteiger partial charge in [-0.1, -0.05) is 0 Å². The Morgan fingerprint density at radius 3 is 2.84 bits per heavy atom. The van der Waals surface area contributed by atoms with Crippen molar-refractivity contribution in [1.29, 1.82) is 0 Å². The molecule has 0 fully saturated rings. The highest BCUT2D eigenvalue weighted by Gasteiger charge is 2.16. The van der Waals surface area contributed by atoms with Crippen LogP contribution >= 0.6 is 0 Å². The van der Waals surface area contributed by atoms with Crippen LogP contribution in [0.1, 0.15) is 21.7 Å². The molecule has 3 N–H and O–H groups in total. The third-order valence-corrected chi connectivity index (χ3v) is 4.97. The third-order valence-electron chi connectivity index (χ3n) is 3.68. The number of fused-ring (bicyclic) bond motifs is 1. The molecule has 132 valence electrons. The van der Waals surface area contributed by atoms with E-state index < -0.39 is 10.0 Å². The Kier molecular flexibility index (Phi) is 4.45. The standard InChI is InChI=1S/C15H18N6O3S/c1-10-14(11(2)19-18-10)15(22)16-6-8-25(23,24)20-12-4-7-21-13(9-12)3-5-17-21/h3-5,7,9,20H,6,8H2,1-2H3,(H,16,22)(H,18,19). The van der Waals surface area contributed by atoms with E-state index in [4.69, 9.17) is 0 Å². The Bertz CT molecular complexity index is 1000. The molecule has 10 heteroatoms. The first-order valence-electron chi connectivity index (χ1n) is 7.59. The van der Waals surface area contributed by atoms with Crippen LogP contribution in [0.3, 0.4) is 0 Å². The van der Waals surface area contributed by atoms with E-state index in [2.05, 4.69) is 25.3 Å². The van der Waals surface area contributed by atoms with Gasteiger partial charge in [-0.05, 0) is 32.0 Å². The average Bonchev–Trinajstić information content (AvgIpc) is 3.12. The van der Waals surface area contributed by atoms with Crippen LogP contribution < -0.4 is 10.0 Å². The molecule has 0 radical (unpaired) electrons. The number of pyridine rings is 1. The van der Waals surface area contributed by atoms with Gasteiger partial charge in [-0.15, -0.1) is 0 Å². The lowest BCUT2D eigenvalue weighted by Gasteiger charge is -2.09. The first kappa shape index (κ1) is 17.0. The molecule has 0 aliphatic heterocycles. The predicted molar refractivity (Wildman–Crippen MR) is 93.0 cm³/mol. The molecule has 0 saturated carbocycles. The molecule has 3 aromatic heterocycles. The van der Waals surface area contributed by atoms with Gasteiger partial charge in [0.1, 0.15) is 0 Å². The lowest BCUT2D eigenvalue weighted by atomic mass is 10.2. The highest BCUT2D eigenvalue weighted by molar-refractivity contribution is 7.92. The van der Waals surface area contributed by atoms with Gasteiger partial charge in [0, 0.05) is 24.6 Å². The van der Waals surface area contributed by atoms with E-state index in [1.54, 1.807) is 49.0 Å². The molecule has 0 atom stereocenters. The number of sulfonamides is 1. The van der Waals surface area contributed by atoms with Gasteiger partial charge in [0.25, 0.3) is 5.91 Å². The van der Waals surface area contributed by atoms with Gasteiger partial charge in [0.2, 0.25) is 10.0 Å². The number of amides is 1. The number of carbonyl (C=O) groups is 1. The minimum absolute atomic E-state index is 0.00679. The number of aromatic amines is 1. The van der Waals surface area contributed by atoms with Gasteiger partial charge < -0.3 is 5.32 Å². The van der Waals surface area contributed by atoms with Crippen LogP contribution in [0, 0.1) is 13.8 Å². The summed E-state index contributed by atoms with van der Waals surface area (Å²) in [6.07, 6.45) is 3.29. The molecular formula is C15H18N6O3S. The van der Waals surface area contributed by atoms with E-state index in [0.717, 1.165) is 5.52 Å². The smallest absolute Gasteiger partial charge is 0.255 e. The number of nitrogens with one attached hydrogen (secondary N) is 3. The van der Waals surface area contributed by atoms with Crippen molar-refractivity contribution >= 4 is 27.1 Å². The number of rotatable bonds is 6. The lowest BCUT2D eigenvalue weighted by molar-refractivity contribution is 0.0955. The second kappa shape index (κ2) is 6.55. The summed E-state index contributed by atoms with van der Waals surface area (Å²) in [5.41, 5.74) is 2.88. The van der Waals surface area contributed by atoms with Crippen molar-refractivity contribution in [3.8, 4) is 0 Å². The zero-order valence-electron chi connectivity index (χ0n) is 13.8. The second-order valence-corrected chi connectivity index (χ2v) is 7.44. The fraction of sp³-hybridized carbons (Fsp3) is 0.267. The number of anilines is 1. The van der Waals surface area contributed by atoms with Crippen molar-refractivity contribution in [2.75, 3.05) is 17.0 Å². The monoisotopic (exact) mass is 362 g/mol. The molecule has 9 nitrogen and oxygen atoms in total. The molecule has 3 heterocycles. The second-order valence-electron chi connectivity index (χ2n) is 5.60. The number of aryl methyl sites for hydroxylation is 2. The molecule has 0 aliphatic rings. The van der Waals surface area contributed by atoms with Gasteiger partial charge in [0.15, 0.2) is 0 Å². The van der Waals surface area contributed by atoms with Crippen LogP contribution in [0.4, 0.5) is 5.69 Å². The first-order valence-corrected chi connectivity index (χ1v) is 9.24. The summed E-state index contributed by atoms with van der Waals surface area (Å²) in [4.78, 5) is 12.1. The van der Waals surface area contributed by atoms with Crippen molar-refractivity contribution < 1.29 is 13.2 Å². The van der Waals surface area contributed by atoms with E-state index in [1.165, 1.54) is 0 Å². The van der Waals surface area contributed by atoms with Gasteiger partial charge in [-0.3, -0.25) is 14.6 Å². The summed E-state index contributed by atoms with van der Waals surface area (Å²) in [6.45, 7) is 3.44. The van der Waals surface area contributed by atoms with Gasteiger partial charge in [-0.25, -0.2) is 12.9 Å². The average molecular weight is 362 g/mol. The largest absolute Gasteiger partial charge is 0.351 e. The zero-order valence-corrected chi connectivity index (χ0v) is 14.6. The Labute approximate surface area is 144 Å². The molecule has 25 heavy (non-hydrogen) atoms. The minimum Gasteiger partial charge on any atom is -0.351 e. The number of hydrogen-bond donors (Lipinski definition) is 3. The molecule has 0 aromatic carbocycles. The predicted octanol–water partition coefficient (Wildman–Crippen LogP) is 0.846. The van der Waals surface area contributed by atoms with Crippen LogP contribution in [0.5, 0.6) is 0 Å². The van der Waals surface area contributed by atoms with Crippen molar-refractivity contribution in [1.82, 2.24) is 25.1 Å². The molecule has 0 saturated heterocycles. The lowest BCUT2D eigenvalue weighted by Crippen LogP contribution is -2.31. The highest BCUT2D eigenvalue weighted by Crippen LogP contribution is 2.13. The number of hydrogen-bond acceptors (Lipinski definition) is 5. The quantitative estimate of drug-likeness (QED) is 0.600. The van der Waals surface area contributed by atoms with E-state index in [1.807, 2.05) is 0 Å².